The van der Waals surface area contributed by atoms with Crippen LogP contribution in [0.3, 0.4) is 0 Å². The SMILES string of the molecule is CC(C)NC(CCCN=C(N)N)C(=O)NCCN. The largest absolute Gasteiger partial charge is 0.370 e. The molecule has 7 nitrogen and oxygen atoms in total. The van der Waals surface area contributed by atoms with E-state index in [1.165, 1.54) is 0 Å². The summed E-state index contributed by atoms with van der Waals surface area (Å²) in [6.45, 7) is 5.46. The topological polar surface area (TPSA) is 132 Å². The standard InChI is InChI=1S/C11H26N6O/c1-8(2)17-9(10(18)15-7-5-12)4-3-6-16-11(13)14/h8-9,17H,3-7,12H2,1-2H3,(H,15,18)(H4,13,14,16). The second kappa shape index (κ2) is 9.67. The summed E-state index contributed by atoms with van der Waals surface area (Å²) in [4.78, 5) is 15.7. The van der Waals surface area contributed by atoms with Crippen molar-refractivity contribution in [1.29, 1.82) is 0 Å². The summed E-state index contributed by atoms with van der Waals surface area (Å²) in [6, 6.07) is 0.00690. The highest BCUT2D eigenvalue weighted by molar-refractivity contribution is 5.81. The number of amides is 1. The van der Waals surface area contributed by atoms with Crippen LogP contribution in [0.5, 0.6) is 0 Å². The molecule has 1 unspecified atom stereocenters. The molecule has 0 aromatic carbocycles. The number of carbonyl (C=O) groups is 1. The molecule has 0 radical (unpaired) electrons. The van der Waals surface area contributed by atoms with Crippen LogP contribution in [-0.2, 0) is 4.79 Å². The van der Waals surface area contributed by atoms with Crippen molar-refractivity contribution in [2.45, 2.75) is 38.8 Å². The number of rotatable bonds is 9. The van der Waals surface area contributed by atoms with Gasteiger partial charge in [0.05, 0.1) is 6.04 Å². The van der Waals surface area contributed by atoms with Crippen LogP contribution >= 0.6 is 0 Å². The minimum absolute atomic E-state index is 0.0288. The monoisotopic (exact) mass is 258 g/mol. The number of nitrogens with one attached hydrogen (secondary N) is 2. The van der Waals surface area contributed by atoms with Gasteiger partial charge in [-0.15, -0.1) is 0 Å². The fourth-order valence-electron chi connectivity index (χ4n) is 1.51. The van der Waals surface area contributed by atoms with Gasteiger partial charge in [-0.1, -0.05) is 13.8 Å². The Morgan fingerprint density at radius 3 is 2.50 bits per heavy atom. The third-order valence-electron chi connectivity index (χ3n) is 2.24. The Kier molecular flexibility index (Phi) is 8.95. The zero-order valence-electron chi connectivity index (χ0n) is 11.3. The first-order chi connectivity index (χ1) is 8.47. The second-order valence-corrected chi connectivity index (χ2v) is 4.40. The first kappa shape index (κ1) is 16.7. The van der Waals surface area contributed by atoms with Crippen LogP contribution in [0, 0.1) is 0 Å². The van der Waals surface area contributed by atoms with E-state index in [9.17, 15) is 4.79 Å². The van der Waals surface area contributed by atoms with E-state index in [0.29, 0.717) is 26.1 Å². The number of hydrogen-bond donors (Lipinski definition) is 5. The normalized spacial score (nSPS) is 12.2. The maximum Gasteiger partial charge on any atom is 0.237 e. The molecule has 1 amide bonds. The predicted molar refractivity (Wildman–Crippen MR) is 74.0 cm³/mol. The third kappa shape index (κ3) is 8.77. The molecule has 106 valence electrons. The summed E-state index contributed by atoms with van der Waals surface area (Å²) in [6.07, 6.45) is 1.43. The molecule has 0 bridgehead atoms. The Hall–Kier alpha value is -1.34. The Labute approximate surface area is 109 Å². The third-order valence-corrected chi connectivity index (χ3v) is 2.24. The molecule has 0 saturated carbocycles. The Bertz CT molecular complexity index is 262. The zero-order valence-corrected chi connectivity index (χ0v) is 11.3. The number of guanidine groups is 1. The Balaban J connectivity index is 4.13. The first-order valence-corrected chi connectivity index (χ1v) is 6.26. The second-order valence-electron chi connectivity index (χ2n) is 4.40. The molecule has 1 atom stereocenters. The van der Waals surface area contributed by atoms with E-state index in [1.807, 2.05) is 13.8 Å². The highest BCUT2D eigenvalue weighted by Crippen LogP contribution is 2.00. The average Bonchev–Trinajstić information content (AvgIpc) is 2.29. The van der Waals surface area contributed by atoms with Gasteiger partial charge in [0.1, 0.15) is 0 Å². The van der Waals surface area contributed by atoms with Gasteiger partial charge in [-0.3, -0.25) is 9.79 Å². The molecule has 18 heavy (non-hydrogen) atoms. The maximum absolute atomic E-state index is 11.9. The lowest BCUT2D eigenvalue weighted by atomic mass is 10.1. The minimum atomic E-state index is -0.231. The van der Waals surface area contributed by atoms with Crippen LogP contribution in [-0.4, -0.2) is 43.6 Å². The van der Waals surface area contributed by atoms with Crippen molar-refractivity contribution in [3.8, 4) is 0 Å². The van der Waals surface area contributed by atoms with E-state index < -0.39 is 0 Å². The average molecular weight is 258 g/mol. The molecule has 8 N–H and O–H groups in total. The molecule has 7 heteroatoms. The molecule has 0 aliphatic carbocycles. The van der Waals surface area contributed by atoms with E-state index in [1.54, 1.807) is 0 Å². The van der Waals surface area contributed by atoms with Gasteiger partial charge in [0.2, 0.25) is 5.91 Å². The van der Waals surface area contributed by atoms with Crippen molar-refractivity contribution in [1.82, 2.24) is 10.6 Å². The summed E-state index contributed by atoms with van der Waals surface area (Å²) in [5, 5.41) is 5.99. The van der Waals surface area contributed by atoms with Gasteiger partial charge < -0.3 is 27.8 Å². The van der Waals surface area contributed by atoms with Gasteiger partial charge in [0.15, 0.2) is 5.96 Å². The number of aliphatic imine (C=N–C) groups is 1. The predicted octanol–water partition coefficient (Wildman–Crippen LogP) is -1.52. The lowest BCUT2D eigenvalue weighted by molar-refractivity contribution is -0.123. The quantitative estimate of drug-likeness (QED) is 0.195. The number of nitrogens with zero attached hydrogens (tertiary/aromatic N) is 1. The zero-order chi connectivity index (χ0) is 14.0. The molecule has 0 heterocycles. The Morgan fingerprint density at radius 1 is 1.33 bits per heavy atom. The molecule has 0 aliphatic heterocycles. The molecule has 0 spiro atoms. The molecule has 0 rings (SSSR count). The van der Waals surface area contributed by atoms with Crippen molar-refractivity contribution < 1.29 is 4.79 Å². The molecule has 0 fully saturated rings. The highest BCUT2D eigenvalue weighted by atomic mass is 16.2. The molecular formula is C11H26N6O. The molecule has 0 saturated heterocycles. The van der Waals surface area contributed by atoms with Gasteiger partial charge in [-0.05, 0) is 12.8 Å². The van der Waals surface area contributed by atoms with Crippen LogP contribution in [0.2, 0.25) is 0 Å². The van der Waals surface area contributed by atoms with Crippen molar-refractivity contribution in [3.05, 3.63) is 0 Å². The summed E-state index contributed by atoms with van der Waals surface area (Å²) in [5.74, 6) is 0.0507. The minimum Gasteiger partial charge on any atom is -0.370 e. The van der Waals surface area contributed by atoms with Crippen LogP contribution in [0.25, 0.3) is 0 Å². The van der Waals surface area contributed by atoms with Crippen LogP contribution < -0.4 is 27.8 Å². The van der Waals surface area contributed by atoms with Gasteiger partial charge in [0.25, 0.3) is 0 Å². The van der Waals surface area contributed by atoms with Crippen molar-refractivity contribution in [2.75, 3.05) is 19.6 Å². The summed E-state index contributed by atoms with van der Waals surface area (Å²) in [5.41, 5.74) is 15.8. The molecular weight excluding hydrogens is 232 g/mol. The summed E-state index contributed by atoms with van der Waals surface area (Å²) >= 11 is 0. The number of hydrogen-bond acceptors (Lipinski definition) is 4. The van der Waals surface area contributed by atoms with E-state index >= 15 is 0 Å². The smallest absolute Gasteiger partial charge is 0.237 e. The first-order valence-electron chi connectivity index (χ1n) is 6.26. The number of carbonyl (C=O) groups excluding carboxylic acids is 1. The van der Waals surface area contributed by atoms with E-state index in [2.05, 4.69) is 15.6 Å². The fourth-order valence-corrected chi connectivity index (χ4v) is 1.51. The van der Waals surface area contributed by atoms with E-state index in [-0.39, 0.29) is 24.0 Å². The van der Waals surface area contributed by atoms with Gasteiger partial charge in [-0.2, -0.15) is 0 Å². The highest BCUT2D eigenvalue weighted by Gasteiger charge is 2.17. The van der Waals surface area contributed by atoms with Crippen molar-refractivity contribution >= 4 is 11.9 Å². The summed E-state index contributed by atoms with van der Waals surface area (Å²) in [7, 11) is 0. The van der Waals surface area contributed by atoms with Crippen molar-refractivity contribution in [3.63, 3.8) is 0 Å². The van der Waals surface area contributed by atoms with Gasteiger partial charge in [-0.25, -0.2) is 0 Å². The van der Waals surface area contributed by atoms with Crippen molar-refractivity contribution in [2.24, 2.45) is 22.2 Å². The van der Waals surface area contributed by atoms with Crippen LogP contribution in [0.15, 0.2) is 4.99 Å². The van der Waals surface area contributed by atoms with Crippen LogP contribution in [0.4, 0.5) is 0 Å². The van der Waals surface area contributed by atoms with E-state index in [4.69, 9.17) is 17.2 Å². The number of nitrogens with two attached hydrogens (primary N) is 3. The van der Waals surface area contributed by atoms with E-state index in [0.717, 1.165) is 6.42 Å². The van der Waals surface area contributed by atoms with Gasteiger partial charge >= 0.3 is 0 Å². The lowest BCUT2D eigenvalue weighted by Crippen LogP contribution is -2.47. The maximum atomic E-state index is 11.9. The lowest BCUT2D eigenvalue weighted by Gasteiger charge is -2.20. The van der Waals surface area contributed by atoms with Gasteiger partial charge in [0, 0.05) is 25.7 Å². The molecule has 0 aromatic rings. The molecule has 0 aliphatic rings. The fraction of sp³-hybridized carbons (Fsp3) is 0.818. The Morgan fingerprint density at radius 2 is 2.00 bits per heavy atom. The molecule has 0 aromatic heterocycles. The summed E-state index contributed by atoms with van der Waals surface area (Å²) < 4.78 is 0. The van der Waals surface area contributed by atoms with Crippen LogP contribution in [0.1, 0.15) is 26.7 Å².